The van der Waals surface area contributed by atoms with Crippen LogP contribution in [0.3, 0.4) is 0 Å². The Bertz CT molecular complexity index is 925. The van der Waals surface area contributed by atoms with Gasteiger partial charge in [-0.2, -0.15) is 26.3 Å². The number of rotatable bonds is 6. The first-order valence-corrected chi connectivity index (χ1v) is 12.1. The Balaban J connectivity index is 1.51. The molecule has 2 aliphatic heterocycles. The minimum absolute atomic E-state index is 0.0217. The van der Waals surface area contributed by atoms with E-state index in [9.17, 15) is 35.9 Å². The summed E-state index contributed by atoms with van der Waals surface area (Å²) in [5, 5.41) is 2.96. The number of nitrogens with zero attached hydrogens (tertiary/aromatic N) is 3. The van der Waals surface area contributed by atoms with Crippen LogP contribution in [-0.4, -0.2) is 90.5 Å². The zero-order valence-corrected chi connectivity index (χ0v) is 20.8. The zero-order valence-electron chi connectivity index (χ0n) is 20.8. The van der Waals surface area contributed by atoms with Crippen LogP contribution in [0.1, 0.15) is 36.5 Å². The molecule has 37 heavy (non-hydrogen) atoms. The van der Waals surface area contributed by atoms with Gasteiger partial charge in [-0.05, 0) is 36.5 Å². The van der Waals surface area contributed by atoms with Crippen molar-refractivity contribution in [2.75, 3.05) is 39.3 Å². The van der Waals surface area contributed by atoms with Crippen molar-refractivity contribution in [3.8, 4) is 0 Å². The van der Waals surface area contributed by atoms with Gasteiger partial charge in [0.2, 0.25) is 5.91 Å². The van der Waals surface area contributed by atoms with Crippen LogP contribution in [0.2, 0.25) is 0 Å². The molecule has 0 spiro atoms. The number of benzene rings is 1. The van der Waals surface area contributed by atoms with Crippen molar-refractivity contribution in [3.05, 3.63) is 34.9 Å². The summed E-state index contributed by atoms with van der Waals surface area (Å²) in [4.78, 5) is 28.5. The van der Waals surface area contributed by atoms with Crippen LogP contribution in [0.25, 0.3) is 0 Å². The predicted molar refractivity (Wildman–Crippen MR) is 123 cm³/mol. The SMILES string of the molecule is CC(=O)NC1CCN(Cc2cccc(CN3CCN(C(=O)OC(C(F)(F)F)C(F)(F)F)CC3)c2C)CC1. The maximum atomic E-state index is 12.7. The molecule has 208 valence electrons. The van der Waals surface area contributed by atoms with Crippen molar-refractivity contribution < 1.29 is 40.7 Å². The van der Waals surface area contributed by atoms with Gasteiger partial charge < -0.3 is 15.0 Å². The van der Waals surface area contributed by atoms with Crippen molar-refractivity contribution >= 4 is 12.0 Å². The topological polar surface area (TPSA) is 65.1 Å². The molecule has 1 N–H and O–H groups in total. The normalized spacial score (nSPS) is 18.8. The number of halogens is 6. The van der Waals surface area contributed by atoms with Gasteiger partial charge in [-0.25, -0.2) is 4.79 Å². The monoisotopic (exact) mass is 538 g/mol. The molecule has 2 saturated heterocycles. The highest BCUT2D eigenvalue weighted by Gasteiger charge is 2.60. The van der Waals surface area contributed by atoms with Gasteiger partial charge in [0.25, 0.3) is 6.10 Å². The van der Waals surface area contributed by atoms with E-state index in [2.05, 4.69) is 21.0 Å². The first-order chi connectivity index (χ1) is 17.2. The van der Waals surface area contributed by atoms with Crippen LogP contribution in [-0.2, 0) is 22.6 Å². The summed E-state index contributed by atoms with van der Waals surface area (Å²) in [5.41, 5.74) is 3.35. The average molecular weight is 539 g/mol. The van der Waals surface area contributed by atoms with Gasteiger partial charge in [0.1, 0.15) is 0 Å². The summed E-state index contributed by atoms with van der Waals surface area (Å²) in [6.45, 7) is 7.10. The van der Waals surface area contributed by atoms with Crippen molar-refractivity contribution in [1.82, 2.24) is 20.0 Å². The molecule has 2 aliphatic rings. The van der Waals surface area contributed by atoms with Crippen LogP contribution in [0.15, 0.2) is 18.2 Å². The molecule has 0 bridgehead atoms. The second-order valence-corrected chi connectivity index (χ2v) is 9.56. The van der Waals surface area contributed by atoms with E-state index in [1.54, 1.807) is 0 Å². The minimum atomic E-state index is -5.74. The lowest BCUT2D eigenvalue weighted by atomic mass is 9.99. The van der Waals surface area contributed by atoms with Gasteiger partial charge in [0.05, 0.1) is 0 Å². The zero-order chi connectivity index (χ0) is 27.4. The molecular weight excluding hydrogens is 506 g/mol. The quantitative estimate of drug-likeness (QED) is 0.558. The van der Waals surface area contributed by atoms with Crippen LogP contribution in [0.5, 0.6) is 0 Å². The summed E-state index contributed by atoms with van der Waals surface area (Å²) < 4.78 is 79.9. The summed E-state index contributed by atoms with van der Waals surface area (Å²) >= 11 is 0. The van der Waals surface area contributed by atoms with Crippen LogP contribution in [0, 0.1) is 6.92 Å². The van der Waals surface area contributed by atoms with Crippen molar-refractivity contribution in [3.63, 3.8) is 0 Å². The highest BCUT2D eigenvalue weighted by Crippen LogP contribution is 2.36. The van der Waals surface area contributed by atoms with E-state index in [1.807, 2.05) is 24.0 Å². The van der Waals surface area contributed by atoms with E-state index in [1.165, 1.54) is 12.5 Å². The van der Waals surface area contributed by atoms with Crippen molar-refractivity contribution in [2.45, 2.75) is 64.3 Å². The molecule has 2 fully saturated rings. The third-order valence-corrected chi connectivity index (χ3v) is 6.78. The summed E-state index contributed by atoms with van der Waals surface area (Å²) in [7, 11) is 0. The number of carbonyl (C=O) groups is 2. The number of hydrogen-bond donors (Lipinski definition) is 1. The lowest BCUT2D eigenvalue weighted by Crippen LogP contribution is -2.52. The molecule has 0 saturated carbocycles. The number of likely N-dealkylation sites (tertiary alicyclic amines) is 1. The summed E-state index contributed by atoms with van der Waals surface area (Å²) in [6.07, 6.45) is -15.5. The first-order valence-electron chi connectivity index (χ1n) is 12.1. The third kappa shape index (κ3) is 8.22. The number of carbonyl (C=O) groups excluding carboxylic acids is 2. The molecule has 2 amide bonds. The summed E-state index contributed by atoms with van der Waals surface area (Å²) in [6, 6.07) is 6.21. The van der Waals surface area contributed by atoms with Gasteiger partial charge in [-0.15, -0.1) is 0 Å². The maximum absolute atomic E-state index is 12.7. The summed E-state index contributed by atoms with van der Waals surface area (Å²) in [5.74, 6) is -0.0217. The standard InChI is InChI=1S/C24H32F6N4O3/c1-16-18(14-32-8-6-20(7-9-32)31-17(2)35)4-3-5-19(16)15-33-10-12-34(13-11-33)22(36)37-21(23(25,26)27)24(28,29)30/h3-5,20-21H,6-15H2,1-2H3,(H,31,35). The predicted octanol–water partition coefficient (Wildman–Crippen LogP) is 3.84. The highest BCUT2D eigenvalue weighted by atomic mass is 19.4. The van der Waals surface area contributed by atoms with Gasteiger partial charge >= 0.3 is 18.4 Å². The molecule has 0 aromatic heterocycles. The Kier molecular flexibility index (Phi) is 9.32. The maximum Gasteiger partial charge on any atom is 0.434 e. The van der Waals surface area contributed by atoms with E-state index < -0.39 is 24.5 Å². The molecule has 0 radical (unpaired) electrons. The largest absolute Gasteiger partial charge is 0.434 e. The fraction of sp³-hybridized carbons (Fsp3) is 0.667. The Hall–Kier alpha value is -2.54. The lowest BCUT2D eigenvalue weighted by molar-refractivity contribution is -0.308. The molecule has 13 heteroatoms. The number of amides is 2. The molecule has 0 aliphatic carbocycles. The number of hydrogen-bond acceptors (Lipinski definition) is 5. The van der Waals surface area contributed by atoms with Crippen molar-refractivity contribution in [1.29, 1.82) is 0 Å². The molecule has 7 nitrogen and oxygen atoms in total. The third-order valence-electron chi connectivity index (χ3n) is 6.78. The minimum Gasteiger partial charge on any atom is -0.426 e. The van der Waals surface area contributed by atoms with Gasteiger partial charge in [0.15, 0.2) is 0 Å². The Morgan fingerprint density at radius 3 is 1.86 bits per heavy atom. The molecule has 2 heterocycles. The van der Waals surface area contributed by atoms with E-state index in [4.69, 9.17) is 0 Å². The number of piperidine rings is 1. The van der Waals surface area contributed by atoms with Crippen molar-refractivity contribution in [2.24, 2.45) is 0 Å². The molecular formula is C24H32F6N4O3. The Morgan fingerprint density at radius 2 is 1.41 bits per heavy atom. The lowest BCUT2D eigenvalue weighted by Gasteiger charge is -2.35. The number of ether oxygens (including phenoxy) is 1. The van der Waals surface area contributed by atoms with E-state index in [0.29, 0.717) is 6.54 Å². The van der Waals surface area contributed by atoms with Crippen LogP contribution in [0.4, 0.5) is 31.1 Å². The second-order valence-electron chi connectivity index (χ2n) is 9.56. The Morgan fingerprint density at radius 1 is 0.919 bits per heavy atom. The molecule has 3 rings (SSSR count). The first kappa shape index (κ1) is 29.0. The number of alkyl halides is 6. The van der Waals surface area contributed by atoms with Crippen LogP contribution >= 0.6 is 0 Å². The smallest absolute Gasteiger partial charge is 0.426 e. The van der Waals surface area contributed by atoms with E-state index in [0.717, 1.165) is 48.5 Å². The number of piperazine rings is 1. The van der Waals surface area contributed by atoms with Gasteiger partial charge in [-0.3, -0.25) is 14.6 Å². The fourth-order valence-corrected chi connectivity index (χ4v) is 4.67. The Labute approximate surface area is 211 Å². The van der Waals surface area contributed by atoms with Gasteiger partial charge in [-0.1, -0.05) is 18.2 Å². The van der Waals surface area contributed by atoms with E-state index in [-0.39, 0.29) is 38.1 Å². The second kappa shape index (κ2) is 11.9. The van der Waals surface area contributed by atoms with E-state index >= 15 is 0 Å². The molecule has 1 aromatic carbocycles. The molecule has 0 atom stereocenters. The molecule has 0 unspecified atom stereocenters. The van der Waals surface area contributed by atoms with Crippen LogP contribution < -0.4 is 5.32 Å². The number of nitrogens with one attached hydrogen (secondary N) is 1. The molecule has 1 aromatic rings. The highest BCUT2D eigenvalue weighted by molar-refractivity contribution is 5.73. The fourth-order valence-electron chi connectivity index (χ4n) is 4.67. The average Bonchev–Trinajstić information content (AvgIpc) is 2.80. The van der Waals surface area contributed by atoms with Gasteiger partial charge in [0, 0.05) is 65.3 Å².